The Morgan fingerprint density at radius 1 is 0.507 bits per heavy atom. The summed E-state index contributed by atoms with van der Waals surface area (Å²) in [7, 11) is 0. The van der Waals surface area contributed by atoms with Gasteiger partial charge in [-0.2, -0.15) is 62.3 Å². The number of aliphatic hydroxyl groups is 1. The Kier molecular flexibility index (Phi) is 33.0. The van der Waals surface area contributed by atoms with Crippen LogP contribution in [0.3, 0.4) is 0 Å². The van der Waals surface area contributed by atoms with E-state index in [4.69, 9.17) is 48.3 Å². The maximum atomic E-state index is 14.3. The Balaban J connectivity index is 2.60. The summed E-state index contributed by atoms with van der Waals surface area (Å²) < 4.78 is 224. The van der Waals surface area contributed by atoms with Gasteiger partial charge in [-0.3, -0.25) is 14.4 Å². The van der Waals surface area contributed by atoms with Crippen molar-refractivity contribution in [1.82, 2.24) is 0 Å². The van der Waals surface area contributed by atoms with Crippen LogP contribution in [-0.2, 0) is 52.3 Å². The van der Waals surface area contributed by atoms with Gasteiger partial charge in [0.05, 0.1) is 56.3 Å². The van der Waals surface area contributed by atoms with E-state index in [-0.39, 0.29) is 65.1 Å². The van der Waals surface area contributed by atoms with Gasteiger partial charge in [-0.05, 0) is 94.9 Å². The molecule has 0 radical (unpaired) electrons. The van der Waals surface area contributed by atoms with Crippen LogP contribution in [0.5, 0.6) is 5.75 Å². The van der Waals surface area contributed by atoms with E-state index in [0.717, 1.165) is 12.8 Å². The van der Waals surface area contributed by atoms with Gasteiger partial charge in [0.25, 0.3) is 0 Å². The van der Waals surface area contributed by atoms with Crippen LogP contribution in [0.1, 0.15) is 102 Å². The monoisotopic (exact) mass is 1110 g/mol. The van der Waals surface area contributed by atoms with Gasteiger partial charge in [-0.15, -0.1) is 0 Å². The predicted molar refractivity (Wildman–Crippen MR) is 239 cm³/mol. The molecule has 27 heteroatoms. The molecule has 0 saturated carbocycles. The van der Waals surface area contributed by atoms with Crippen molar-refractivity contribution in [2.24, 2.45) is 11.8 Å². The third-order valence-corrected chi connectivity index (χ3v) is 10.9. The Hall–Kier alpha value is -4.23. The summed E-state index contributed by atoms with van der Waals surface area (Å²) in [6.45, 7) is 4.53. The number of aliphatic hydroxyl groups excluding tert-OH is 1. The molecule has 1 aromatic carbocycles. The van der Waals surface area contributed by atoms with Gasteiger partial charge in [0.15, 0.2) is 0 Å². The Bertz CT molecular complexity index is 1770. The van der Waals surface area contributed by atoms with E-state index in [0.29, 0.717) is 109 Å². The van der Waals surface area contributed by atoms with Crippen LogP contribution < -0.4 is 4.74 Å². The number of nitriles is 1. The van der Waals surface area contributed by atoms with Gasteiger partial charge in [0, 0.05) is 85.5 Å². The quantitative estimate of drug-likeness (QED) is 0.0282. The lowest BCUT2D eigenvalue weighted by Gasteiger charge is -2.39. The lowest BCUT2D eigenvalue weighted by Crippen LogP contribution is -2.70. The smallest absolute Gasteiger partial charge is 0.460 e. The number of rotatable bonds is 45. The van der Waals surface area contributed by atoms with Crippen molar-refractivity contribution >= 4 is 17.9 Å². The average molecular weight is 1110 g/mol. The first kappa shape index (κ1) is 68.8. The molecule has 0 heterocycles. The molecule has 0 fully saturated rings. The van der Waals surface area contributed by atoms with Crippen LogP contribution in [-0.4, -0.2) is 158 Å². The Morgan fingerprint density at radius 3 is 1.39 bits per heavy atom. The third kappa shape index (κ3) is 24.8. The van der Waals surface area contributed by atoms with Gasteiger partial charge in [0.1, 0.15) is 5.75 Å². The van der Waals surface area contributed by atoms with Crippen LogP contribution in [0.4, 0.5) is 57.1 Å². The fourth-order valence-electron chi connectivity index (χ4n) is 6.38. The van der Waals surface area contributed by atoms with Crippen molar-refractivity contribution in [3.63, 3.8) is 0 Å². The number of nitrogens with zero attached hydrogens (tertiary/aromatic N) is 1. The second-order valence-electron chi connectivity index (χ2n) is 16.8. The molecule has 14 nitrogen and oxygen atoms in total. The first-order valence-electron chi connectivity index (χ1n) is 24.4. The Morgan fingerprint density at radius 2 is 0.920 bits per heavy atom. The molecule has 0 aliphatic heterocycles. The van der Waals surface area contributed by atoms with Crippen molar-refractivity contribution in [3.8, 4) is 11.8 Å². The number of esters is 3. The molecular weight excluding hydrogens is 1050 g/mol. The molecule has 1 rings (SSSR count). The van der Waals surface area contributed by atoms with Crippen LogP contribution in [0.15, 0.2) is 24.3 Å². The van der Waals surface area contributed by atoms with E-state index in [1.807, 2.05) is 6.07 Å². The highest BCUT2D eigenvalue weighted by Crippen LogP contribution is 2.60. The van der Waals surface area contributed by atoms with Crippen molar-refractivity contribution in [1.29, 1.82) is 5.26 Å². The summed E-state index contributed by atoms with van der Waals surface area (Å²) >= 11 is 0. The number of carbonyl (C=O) groups excluding carboxylic acids is 3. The molecule has 434 valence electrons. The second kappa shape index (κ2) is 36.0. The van der Waals surface area contributed by atoms with E-state index in [2.05, 4.69) is 4.74 Å². The van der Waals surface area contributed by atoms with E-state index >= 15 is 0 Å². The van der Waals surface area contributed by atoms with Gasteiger partial charge in [0.2, 0.25) is 0 Å². The van der Waals surface area contributed by atoms with Crippen molar-refractivity contribution in [2.75, 3.05) is 99.1 Å². The fourth-order valence-corrected chi connectivity index (χ4v) is 6.38. The summed E-state index contributed by atoms with van der Waals surface area (Å²) in [5, 5.41) is 17.6. The highest BCUT2D eigenvalue weighted by atomic mass is 19.4. The lowest BCUT2D eigenvalue weighted by atomic mass is 9.91. The number of benzene rings is 1. The highest BCUT2D eigenvalue weighted by Gasteiger charge is 2.90. The zero-order valence-electron chi connectivity index (χ0n) is 41.7. The van der Waals surface area contributed by atoms with E-state index < -0.39 is 78.6 Å². The summed E-state index contributed by atoms with van der Waals surface area (Å²) in [5.74, 6) is -42.8. The molecule has 0 aliphatic rings. The number of halogens is 13. The maximum Gasteiger partial charge on any atom is 0.460 e. The van der Waals surface area contributed by atoms with Gasteiger partial charge >= 0.3 is 53.7 Å². The Labute approximate surface area is 427 Å². The van der Waals surface area contributed by atoms with E-state index in [1.54, 1.807) is 24.3 Å². The SMILES string of the molecule is CCC(CCC(CCC(=O)OCCCOCCCOCCCOCCCOCCCOCCCO)C(=O)OCCCCOc1ccc(C#N)cc1)C(=O)OCCC(F)(F)C(F)(F)C(F)(F)C(F)(F)C(F)(F)C(F)(F)F. The number of alkyl halides is 13. The molecular formula is C48H68F13NO13. The van der Waals surface area contributed by atoms with E-state index in [1.165, 1.54) is 6.92 Å². The average Bonchev–Trinajstić information content (AvgIpc) is 3.35. The maximum absolute atomic E-state index is 14.3. The first-order valence-corrected chi connectivity index (χ1v) is 24.4. The summed E-state index contributed by atoms with van der Waals surface area (Å²) in [4.78, 5) is 38.5. The van der Waals surface area contributed by atoms with Crippen molar-refractivity contribution in [2.45, 2.75) is 133 Å². The summed E-state index contributed by atoms with van der Waals surface area (Å²) in [6.07, 6.45) is -7.04. The number of carbonyl (C=O) groups is 3. The molecule has 0 saturated heterocycles. The van der Waals surface area contributed by atoms with Gasteiger partial charge in [-0.1, -0.05) is 6.92 Å². The number of unbranched alkanes of at least 4 members (excludes halogenated alkanes) is 1. The fraction of sp³-hybridized carbons (Fsp3) is 0.792. The molecule has 0 spiro atoms. The number of ether oxygens (including phenoxy) is 9. The van der Waals surface area contributed by atoms with Crippen molar-refractivity contribution < 1.29 is 119 Å². The summed E-state index contributed by atoms with van der Waals surface area (Å²) in [5.41, 5.74) is 0.420. The minimum atomic E-state index is -8.06. The summed E-state index contributed by atoms with van der Waals surface area (Å²) in [6, 6.07) is 8.23. The number of hydrogen-bond acceptors (Lipinski definition) is 14. The molecule has 1 N–H and O–H groups in total. The molecule has 1 aromatic rings. The third-order valence-electron chi connectivity index (χ3n) is 10.9. The lowest BCUT2D eigenvalue weighted by molar-refractivity contribution is -0.440. The number of hydrogen-bond donors (Lipinski definition) is 1. The largest absolute Gasteiger partial charge is 0.494 e. The second-order valence-corrected chi connectivity index (χ2v) is 16.8. The van der Waals surface area contributed by atoms with Crippen LogP contribution >= 0.6 is 0 Å². The molecule has 2 unspecified atom stereocenters. The molecule has 0 aromatic heterocycles. The molecule has 75 heavy (non-hydrogen) atoms. The zero-order valence-corrected chi connectivity index (χ0v) is 41.7. The van der Waals surface area contributed by atoms with Crippen LogP contribution in [0.2, 0.25) is 0 Å². The predicted octanol–water partition coefficient (Wildman–Crippen LogP) is 10.1. The van der Waals surface area contributed by atoms with Crippen molar-refractivity contribution in [3.05, 3.63) is 29.8 Å². The minimum absolute atomic E-state index is 0.0446. The van der Waals surface area contributed by atoms with Crippen LogP contribution in [0, 0.1) is 23.2 Å². The first-order chi connectivity index (χ1) is 35.3. The standard InChI is InChI=1S/C48H68F13NO13/c1-2-37(41(65)75-34-19-43(49,50)44(51,52)45(53,54)46(55,56)47(57,58)48(59,60)61)13-14-38(42(66)74-32-4-3-31-72-39-16-11-36(35-62)12-17-39)15-18-40(64)73-33-10-30-71-29-9-28-70-27-8-26-69-25-7-24-68-23-6-22-67-21-5-20-63/h11-12,16-17,37-38,63H,2-10,13-15,18-34H2,1H3. The molecule has 0 aliphatic carbocycles. The molecule has 0 bridgehead atoms. The van der Waals surface area contributed by atoms with Gasteiger partial charge < -0.3 is 47.7 Å². The topological polar surface area (TPSA) is 178 Å². The molecule has 0 amide bonds. The van der Waals surface area contributed by atoms with Crippen LogP contribution in [0.25, 0.3) is 0 Å². The molecule has 2 atom stereocenters. The van der Waals surface area contributed by atoms with E-state index in [9.17, 15) is 71.5 Å². The normalized spacial score (nSPS) is 13.5. The minimum Gasteiger partial charge on any atom is -0.494 e. The highest BCUT2D eigenvalue weighted by molar-refractivity contribution is 5.75. The zero-order chi connectivity index (χ0) is 56.4. The van der Waals surface area contributed by atoms with Gasteiger partial charge in [-0.25, -0.2) is 0 Å².